The Balaban J connectivity index is 1.42. The summed E-state index contributed by atoms with van der Waals surface area (Å²) in [5.41, 5.74) is 1.56. The minimum absolute atomic E-state index is 0.245. The molecule has 0 amide bonds. The van der Waals surface area contributed by atoms with Crippen LogP contribution in [0.25, 0.3) is 0 Å². The fourth-order valence-corrected chi connectivity index (χ4v) is 3.27. The number of anilines is 3. The molecule has 2 aromatic heterocycles. The second-order valence-electron chi connectivity index (χ2n) is 6.85. The van der Waals surface area contributed by atoms with Gasteiger partial charge in [0.2, 0.25) is 11.8 Å². The van der Waals surface area contributed by atoms with Crippen molar-refractivity contribution in [3.05, 3.63) is 42.7 Å². The van der Waals surface area contributed by atoms with Gasteiger partial charge in [0, 0.05) is 37.0 Å². The van der Waals surface area contributed by atoms with Crippen LogP contribution in [0.5, 0.6) is 5.88 Å². The first-order chi connectivity index (χ1) is 13.1. The van der Waals surface area contributed by atoms with E-state index in [1.54, 1.807) is 19.4 Å². The molecule has 4 heterocycles. The summed E-state index contributed by atoms with van der Waals surface area (Å²) in [6.07, 6.45) is 6.44. The number of ether oxygens (including phenoxy) is 2. The Kier molecular flexibility index (Phi) is 4.67. The first kappa shape index (κ1) is 17.7. The van der Waals surface area contributed by atoms with Gasteiger partial charge >= 0.3 is 0 Å². The van der Waals surface area contributed by atoms with Gasteiger partial charge in [0.05, 0.1) is 25.6 Å². The average Bonchev–Trinajstić information content (AvgIpc) is 3.36. The van der Waals surface area contributed by atoms with Gasteiger partial charge in [-0.1, -0.05) is 6.58 Å². The predicted octanol–water partition coefficient (Wildman–Crippen LogP) is 2.33. The number of rotatable bonds is 7. The minimum atomic E-state index is -0.245. The number of aromatic nitrogens is 3. The second kappa shape index (κ2) is 7.13. The van der Waals surface area contributed by atoms with Gasteiger partial charge < -0.3 is 20.1 Å². The summed E-state index contributed by atoms with van der Waals surface area (Å²) in [6, 6.07) is 3.98. The summed E-state index contributed by atoms with van der Waals surface area (Å²) >= 11 is 0. The van der Waals surface area contributed by atoms with Crippen molar-refractivity contribution in [2.24, 2.45) is 0 Å². The van der Waals surface area contributed by atoms with E-state index in [0.717, 1.165) is 43.2 Å². The van der Waals surface area contributed by atoms with Crippen molar-refractivity contribution in [1.82, 2.24) is 19.9 Å². The zero-order chi connectivity index (χ0) is 18.9. The minimum Gasteiger partial charge on any atom is -0.481 e. The third kappa shape index (κ3) is 3.72. The highest BCUT2D eigenvalue weighted by Crippen LogP contribution is 2.35. The van der Waals surface area contributed by atoms with E-state index in [2.05, 4.69) is 37.1 Å². The van der Waals surface area contributed by atoms with Crippen LogP contribution in [0.2, 0.25) is 0 Å². The quantitative estimate of drug-likeness (QED) is 0.569. The number of hydrogen-bond acceptors (Lipinski definition) is 8. The molecule has 2 aliphatic heterocycles. The summed E-state index contributed by atoms with van der Waals surface area (Å²) in [7, 11) is 1.59. The van der Waals surface area contributed by atoms with Crippen LogP contribution >= 0.6 is 0 Å². The predicted molar refractivity (Wildman–Crippen MR) is 103 cm³/mol. The standard InChI is InChI=1S/C19H24N6O2/c1-4-19(12-27-19)25-8-7-15(11-25)22-17-13(2)9-21-18(24-17)23-14-5-6-16(26-3)20-10-14/h4-6,9-10,15H,1,7-8,11-12H2,2-3H3,(H2,21,22,23,24)/t15?,19-/m1/s1. The molecule has 0 aromatic carbocycles. The lowest BCUT2D eigenvalue weighted by Crippen LogP contribution is -2.37. The summed E-state index contributed by atoms with van der Waals surface area (Å²) in [6.45, 7) is 8.52. The zero-order valence-electron chi connectivity index (χ0n) is 15.6. The molecular formula is C19H24N6O2. The lowest BCUT2D eigenvalue weighted by atomic mass is 10.2. The number of pyridine rings is 1. The molecule has 4 rings (SSSR count). The Hall–Kier alpha value is -2.71. The van der Waals surface area contributed by atoms with Gasteiger partial charge in [-0.2, -0.15) is 4.98 Å². The Labute approximate surface area is 158 Å². The van der Waals surface area contributed by atoms with Crippen LogP contribution < -0.4 is 15.4 Å². The maximum Gasteiger partial charge on any atom is 0.229 e. The number of epoxide rings is 1. The molecular weight excluding hydrogens is 344 g/mol. The Morgan fingerprint density at radius 3 is 2.89 bits per heavy atom. The fraction of sp³-hybridized carbons (Fsp3) is 0.421. The maximum absolute atomic E-state index is 5.58. The van der Waals surface area contributed by atoms with Crippen LogP contribution in [0.15, 0.2) is 37.2 Å². The van der Waals surface area contributed by atoms with Crippen LogP contribution in [0.1, 0.15) is 12.0 Å². The van der Waals surface area contributed by atoms with Crippen molar-refractivity contribution in [3.63, 3.8) is 0 Å². The fourth-order valence-electron chi connectivity index (χ4n) is 3.27. The molecule has 2 aromatic rings. The van der Waals surface area contributed by atoms with Crippen LogP contribution in [-0.2, 0) is 4.74 Å². The van der Waals surface area contributed by atoms with Gasteiger partial charge in [0.15, 0.2) is 5.72 Å². The summed E-state index contributed by atoms with van der Waals surface area (Å²) in [5, 5.41) is 6.73. The van der Waals surface area contributed by atoms with E-state index >= 15 is 0 Å². The molecule has 8 heteroatoms. The topological polar surface area (TPSA) is 87.7 Å². The molecule has 27 heavy (non-hydrogen) atoms. The van der Waals surface area contributed by atoms with Crippen molar-refractivity contribution in [1.29, 1.82) is 0 Å². The molecule has 0 radical (unpaired) electrons. The molecule has 2 fully saturated rings. The highest BCUT2D eigenvalue weighted by atomic mass is 16.6. The van der Waals surface area contributed by atoms with Crippen molar-refractivity contribution < 1.29 is 9.47 Å². The summed E-state index contributed by atoms with van der Waals surface area (Å²) < 4.78 is 10.7. The average molecular weight is 368 g/mol. The van der Waals surface area contributed by atoms with Gasteiger partial charge in [0.1, 0.15) is 5.82 Å². The number of nitrogens with one attached hydrogen (secondary N) is 2. The molecule has 8 nitrogen and oxygen atoms in total. The van der Waals surface area contributed by atoms with Crippen LogP contribution in [0.4, 0.5) is 17.5 Å². The van der Waals surface area contributed by atoms with E-state index in [9.17, 15) is 0 Å². The molecule has 142 valence electrons. The second-order valence-corrected chi connectivity index (χ2v) is 6.85. The van der Waals surface area contributed by atoms with Crippen molar-refractivity contribution >= 4 is 17.5 Å². The number of methoxy groups -OCH3 is 1. The normalized spacial score (nSPS) is 24.4. The highest BCUT2D eigenvalue weighted by Gasteiger charge is 2.49. The molecule has 0 bridgehead atoms. The van der Waals surface area contributed by atoms with E-state index in [1.165, 1.54) is 0 Å². The largest absolute Gasteiger partial charge is 0.481 e. The first-order valence-electron chi connectivity index (χ1n) is 9.02. The van der Waals surface area contributed by atoms with E-state index in [0.29, 0.717) is 17.9 Å². The third-order valence-electron chi connectivity index (χ3n) is 5.00. The van der Waals surface area contributed by atoms with Crippen molar-refractivity contribution in [2.45, 2.75) is 25.1 Å². The molecule has 2 atom stereocenters. The molecule has 2 saturated heterocycles. The number of nitrogens with zero attached hydrogens (tertiary/aromatic N) is 4. The van der Waals surface area contributed by atoms with Crippen LogP contribution in [0, 0.1) is 6.92 Å². The van der Waals surface area contributed by atoms with Gasteiger partial charge in [-0.3, -0.25) is 4.90 Å². The first-order valence-corrected chi connectivity index (χ1v) is 9.02. The van der Waals surface area contributed by atoms with Crippen LogP contribution in [-0.4, -0.2) is 58.4 Å². The molecule has 0 saturated carbocycles. The monoisotopic (exact) mass is 368 g/mol. The molecule has 2 aliphatic rings. The number of hydrogen-bond donors (Lipinski definition) is 2. The molecule has 1 unspecified atom stereocenters. The molecule has 0 spiro atoms. The highest BCUT2D eigenvalue weighted by molar-refractivity contribution is 5.55. The SMILES string of the molecule is C=C[C@]1(N2CCC(Nc3nc(Nc4ccc(OC)nc4)ncc3C)C2)CO1. The van der Waals surface area contributed by atoms with Gasteiger partial charge in [-0.25, -0.2) is 9.97 Å². The van der Waals surface area contributed by atoms with E-state index in [-0.39, 0.29) is 5.72 Å². The van der Waals surface area contributed by atoms with Crippen molar-refractivity contribution in [2.75, 3.05) is 37.4 Å². The maximum atomic E-state index is 5.58. The van der Waals surface area contributed by atoms with E-state index in [4.69, 9.17) is 9.47 Å². The lowest BCUT2D eigenvalue weighted by molar-refractivity contribution is 0.145. The number of aryl methyl sites for hydroxylation is 1. The van der Waals surface area contributed by atoms with Gasteiger partial charge in [-0.15, -0.1) is 0 Å². The Bertz CT molecular complexity index is 821. The van der Waals surface area contributed by atoms with E-state index < -0.39 is 0 Å². The summed E-state index contributed by atoms with van der Waals surface area (Å²) in [4.78, 5) is 15.5. The Morgan fingerprint density at radius 2 is 2.22 bits per heavy atom. The van der Waals surface area contributed by atoms with E-state index in [1.807, 2.05) is 25.3 Å². The van der Waals surface area contributed by atoms with Gasteiger partial charge in [0.25, 0.3) is 0 Å². The lowest BCUT2D eigenvalue weighted by Gasteiger charge is -2.21. The van der Waals surface area contributed by atoms with Crippen molar-refractivity contribution in [3.8, 4) is 5.88 Å². The molecule has 0 aliphatic carbocycles. The summed E-state index contributed by atoms with van der Waals surface area (Å²) in [5.74, 6) is 1.93. The Morgan fingerprint density at radius 1 is 1.37 bits per heavy atom. The zero-order valence-corrected chi connectivity index (χ0v) is 15.6. The van der Waals surface area contributed by atoms with Crippen LogP contribution in [0.3, 0.4) is 0 Å². The third-order valence-corrected chi connectivity index (χ3v) is 5.00. The molecule has 2 N–H and O–H groups in total. The number of likely N-dealkylation sites (tertiary alicyclic amines) is 1. The van der Waals surface area contributed by atoms with Gasteiger partial charge in [-0.05, 0) is 25.5 Å². The smallest absolute Gasteiger partial charge is 0.229 e.